The van der Waals surface area contributed by atoms with Crippen molar-refractivity contribution in [2.45, 2.75) is 38.0 Å². The van der Waals surface area contributed by atoms with Crippen molar-refractivity contribution in [1.82, 2.24) is 20.0 Å². The molecule has 1 aliphatic heterocycles. The molecule has 0 amide bonds. The SMILES string of the molecule is Fc1ccccc1-n1nnc(C2=NCC(c3ccccn3)=NOC2)c1C1CCCCC1. The molecule has 0 unspecified atom stereocenters. The predicted molar refractivity (Wildman–Crippen MR) is 115 cm³/mol. The van der Waals surface area contributed by atoms with Crippen molar-refractivity contribution in [3.63, 3.8) is 0 Å². The van der Waals surface area contributed by atoms with Crippen molar-refractivity contribution in [2.75, 3.05) is 13.2 Å². The number of nitrogens with zero attached hydrogens (tertiary/aromatic N) is 6. The molecule has 2 aliphatic rings. The maximum Gasteiger partial charge on any atom is 0.161 e. The monoisotopic (exact) mass is 418 g/mol. The first-order valence-corrected chi connectivity index (χ1v) is 10.7. The molecule has 3 aromatic rings. The molecule has 1 aliphatic carbocycles. The highest BCUT2D eigenvalue weighted by atomic mass is 19.1. The summed E-state index contributed by atoms with van der Waals surface area (Å²) in [5.41, 5.74) is 4.06. The first kappa shape index (κ1) is 19.5. The Morgan fingerprint density at radius 1 is 0.968 bits per heavy atom. The molecule has 0 spiro atoms. The lowest BCUT2D eigenvalue weighted by atomic mass is 9.85. The van der Waals surface area contributed by atoms with Gasteiger partial charge in [-0.1, -0.05) is 47.8 Å². The van der Waals surface area contributed by atoms with Crippen molar-refractivity contribution in [3.8, 4) is 5.69 Å². The number of hydrogen-bond acceptors (Lipinski definition) is 6. The Morgan fingerprint density at radius 3 is 2.61 bits per heavy atom. The van der Waals surface area contributed by atoms with Crippen LogP contribution in [0.15, 0.2) is 58.8 Å². The fourth-order valence-corrected chi connectivity index (χ4v) is 4.26. The summed E-state index contributed by atoms with van der Waals surface area (Å²) in [6, 6.07) is 12.3. The summed E-state index contributed by atoms with van der Waals surface area (Å²) in [6.45, 7) is 0.523. The van der Waals surface area contributed by atoms with Gasteiger partial charge in [0.1, 0.15) is 28.6 Å². The van der Waals surface area contributed by atoms with Gasteiger partial charge in [-0.25, -0.2) is 9.07 Å². The molecule has 7 nitrogen and oxygen atoms in total. The number of pyridine rings is 1. The highest BCUT2D eigenvalue weighted by Gasteiger charge is 2.29. The minimum Gasteiger partial charge on any atom is -0.389 e. The molecule has 1 fully saturated rings. The van der Waals surface area contributed by atoms with E-state index in [1.54, 1.807) is 23.0 Å². The van der Waals surface area contributed by atoms with Gasteiger partial charge in [0.15, 0.2) is 6.61 Å². The van der Waals surface area contributed by atoms with Crippen LogP contribution in [0.25, 0.3) is 5.69 Å². The predicted octanol–water partition coefficient (Wildman–Crippen LogP) is 4.07. The van der Waals surface area contributed by atoms with Gasteiger partial charge in [0.2, 0.25) is 0 Å². The quantitative estimate of drug-likeness (QED) is 0.640. The third-order valence-corrected chi connectivity index (χ3v) is 5.81. The van der Waals surface area contributed by atoms with Crippen LogP contribution in [0.5, 0.6) is 0 Å². The van der Waals surface area contributed by atoms with Gasteiger partial charge < -0.3 is 4.84 Å². The number of oxime groups is 1. The molecule has 0 bridgehead atoms. The highest BCUT2D eigenvalue weighted by Crippen LogP contribution is 2.35. The Balaban J connectivity index is 1.53. The van der Waals surface area contributed by atoms with Crippen LogP contribution >= 0.6 is 0 Å². The van der Waals surface area contributed by atoms with Gasteiger partial charge in [0, 0.05) is 12.1 Å². The Bertz CT molecular complexity index is 1120. The number of aromatic nitrogens is 4. The summed E-state index contributed by atoms with van der Waals surface area (Å²) in [5, 5.41) is 13.0. The van der Waals surface area contributed by atoms with Crippen LogP contribution in [-0.4, -0.2) is 44.6 Å². The first-order valence-electron chi connectivity index (χ1n) is 10.7. The molecule has 31 heavy (non-hydrogen) atoms. The second kappa shape index (κ2) is 8.75. The molecule has 1 aromatic carbocycles. The molecular weight excluding hydrogens is 395 g/mol. The molecule has 0 N–H and O–H groups in total. The lowest BCUT2D eigenvalue weighted by Gasteiger charge is -2.23. The van der Waals surface area contributed by atoms with Crippen LogP contribution in [0.4, 0.5) is 4.39 Å². The Labute approximate surface area is 179 Å². The molecule has 0 atom stereocenters. The van der Waals surface area contributed by atoms with E-state index in [9.17, 15) is 4.39 Å². The van der Waals surface area contributed by atoms with E-state index in [0.717, 1.165) is 37.1 Å². The number of benzene rings is 1. The standard InChI is InChI=1S/C23H23FN6O/c24-17-10-4-5-12-21(17)30-23(16-8-2-1-3-9-16)22(27-29-30)20-15-31-28-19(14-26-20)18-11-6-7-13-25-18/h4-7,10-13,16H,1-3,8-9,14-15H2. The third kappa shape index (κ3) is 3.97. The van der Waals surface area contributed by atoms with Crippen molar-refractivity contribution in [2.24, 2.45) is 10.1 Å². The number of aliphatic imine (C=N–C) groups is 1. The van der Waals surface area contributed by atoms with E-state index in [2.05, 4.69) is 20.5 Å². The average Bonchev–Trinajstić information content (AvgIpc) is 3.11. The lowest BCUT2D eigenvalue weighted by Crippen LogP contribution is -2.18. The maximum atomic E-state index is 14.6. The molecule has 1 saturated carbocycles. The van der Waals surface area contributed by atoms with Crippen molar-refractivity contribution >= 4 is 11.4 Å². The topological polar surface area (TPSA) is 77.5 Å². The zero-order valence-corrected chi connectivity index (χ0v) is 17.1. The Kier molecular flexibility index (Phi) is 5.52. The van der Waals surface area contributed by atoms with Crippen molar-refractivity contribution in [3.05, 3.63) is 71.6 Å². The van der Waals surface area contributed by atoms with Gasteiger partial charge in [0.25, 0.3) is 0 Å². The second-order valence-corrected chi connectivity index (χ2v) is 7.81. The normalized spacial score (nSPS) is 17.5. The van der Waals surface area contributed by atoms with Crippen molar-refractivity contribution in [1.29, 1.82) is 0 Å². The number of para-hydroxylation sites is 1. The van der Waals surface area contributed by atoms with E-state index in [-0.39, 0.29) is 18.3 Å². The van der Waals surface area contributed by atoms with Crippen LogP contribution in [0, 0.1) is 5.82 Å². The molecular formula is C23H23FN6O. The van der Waals surface area contributed by atoms with E-state index < -0.39 is 0 Å². The summed E-state index contributed by atoms with van der Waals surface area (Å²) in [4.78, 5) is 14.7. The third-order valence-electron chi connectivity index (χ3n) is 5.81. The summed E-state index contributed by atoms with van der Waals surface area (Å²) >= 11 is 0. The molecule has 3 heterocycles. The van der Waals surface area contributed by atoms with E-state index in [0.29, 0.717) is 29.3 Å². The summed E-state index contributed by atoms with van der Waals surface area (Å²) in [7, 11) is 0. The average molecular weight is 418 g/mol. The van der Waals surface area contributed by atoms with E-state index >= 15 is 0 Å². The van der Waals surface area contributed by atoms with Crippen LogP contribution < -0.4 is 0 Å². The second-order valence-electron chi connectivity index (χ2n) is 7.81. The fraction of sp³-hybridized carbons (Fsp3) is 0.348. The van der Waals surface area contributed by atoms with Gasteiger partial charge in [-0.15, -0.1) is 5.10 Å². The minimum absolute atomic E-state index is 0.187. The van der Waals surface area contributed by atoms with E-state index in [1.807, 2.05) is 24.3 Å². The number of hydrogen-bond donors (Lipinski definition) is 0. The van der Waals surface area contributed by atoms with Crippen LogP contribution in [0.2, 0.25) is 0 Å². The summed E-state index contributed by atoms with van der Waals surface area (Å²) < 4.78 is 16.3. The maximum absolute atomic E-state index is 14.6. The lowest BCUT2D eigenvalue weighted by molar-refractivity contribution is 0.186. The molecule has 158 valence electrons. The largest absolute Gasteiger partial charge is 0.389 e. The first-order chi connectivity index (χ1) is 15.3. The van der Waals surface area contributed by atoms with Crippen LogP contribution in [-0.2, 0) is 4.84 Å². The van der Waals surface area contributed by atoms with Crippen LogP contribution in [0.1, 0.15) is 55.1 Å². The van der Waals surface area contributed by atoms with E-state index in [1.165, 1.54) is 12.5 Å². The smallest absolute Gasteiger partial charge is 0.161 e. The van der Waals surface area contributed by atoms with Gasteiger partial charge in [0.05, 0.1) is 17.9 Å². The highest BCUT2D eigenvalue weighted by molar-refractivity contribution is 6.06. The van der Waals surface area contributed by atoms with Gasteiger partial charge in [-0.2, -0.15) is 0 Å². The van der Waals surface area contributed by atoms with Crippen LogP contribution in [0.3, 0.4) is 0 Å². The molecule has 2 aromatic heterocycles. The summed E-state index contributed by atoms with van der Waals surface area (Å²) in [5.74, 6) is -0.0728. The zero-order chi connectivity index (χ0) is 21.0. The molecule has 5 rings (SSSR count). The Hall–Kier alpha value is -3.42. The molecule has 8 heteroatoms. The zero-order valence-electron chi connectivity index (χ0n) is 17.1. The van der Waals surface area contributed by atoms with Gasteiger partial charge in [-0.05, 0) is 37.1 Å². The summed E-state index contributed by atoms with van der Waals surface area (Å²) in [6.07, 6.45) is 7.27. The number of rotatable bonds is 4. The molecule has 0 radical (unpaired) electrons. The Morgan fingerprint density at radius 2 is 1.81 bits per heavy atom. The van der Waals surface area contributed by atoms with E-state index in [4.69, 9.17) is 9.83 Å². The molecule has 0 saturated heterocycles. The van der Waals surface area contributed by atoms with Crippen molar-refractivity contribution < 1.29 is 9.23 Å². The minimum atomic E-state index is -0.323. The van der Waals surface area contributed by atoms with Gasteiger partial charge in [-0.3, -0.25) is 9.98 Å². The number of halogens is 1. The van der Waals surface area contributed by atoms with Gasteiger partial charge >= 0.3 is 0 Å². The fourth-order valence-electron chi connectivity index (χ4n) is 4.26.